The van der Waals surface area contributed by atoms with Crippen LogP contribution in [0.2, 0.25) is 0 Å². The molecule has 0 bridgehead atoms. The van der Waals surface area contributed by atoms with Crippen LogP contribution >= 0.6 is 0 Å². The number of likely N-dealkylation sites (tertiary alicyclic amines) is 1. The van der Waals surface area contributed by atoms with Crippen molar-refractivity contribution in [2.24, 2.45) is 5.92 Å². The first kappa shape index (κ1) is 24.4. The van der Waals surface area contributed by atoms with E-state index >= 15 is 0 Å². The highest BCUT2D eigenvalue weighted by molar-refractivity contribution is 5.99. The number of fused-ring (bicyclic) bond motifs is 2. The molecule has 2 aliphatic rings. The molecule has 1 aliphatic carbocycles. The van der Waals surface area contributed by atoms with E-state index in [-0.39, 0.29) is 42.4 Å². The summed E-state index contributed by atoms with van der Waals surface area (Å²) in [5.41, 5.74) is 0.995. The Morgan fingerprint density at radius 1 is 1.27 bits per heavy atom. The van der Waals surface area contributed by atoms with Crippen LogP contribution in [0.15, 0.2) is 24.3 Å². The zero-order valence-electron chi connectivity index (χ0n) is 19.9. The number of benzene rings is 1. The van der Waals surface area contributed by atoms with Gasteiger partial charge in [0.15, 0.2) is 0 Å². The van der Waals surface area contributed by atoms with Gasteiger partial charge in [0.05, 0.1) is 11.8 Å². The second kappa shape index (κ2) is 9.34. The van der Waals surface area contributed by atoms with Crippen molar-refractivity contribution in [2.45, 2.75) is 70.6 Å². The maximum Gasteiger partial charge on any atom is 0.302 e. The molecule has 33 heavy (non-hydrogen) atoms. The number of nitrogens with one attached hydrogen (secondary N) is 1. The van der Waals surface area contributed by atoms with Crippen molar-refractivity contribution in [1.82, 2.24) is 15.1 Å². The van der Waals surface area contributed by atoms with E-state index in [1.54, 1.807) is 14.0 Å². The molecule has 0 unspecified atom stereocenters. The molecule has 1 aliphatic heterocycles. The number of carbonyl (C=O) groups excluding carboxylic acids is 4. The van der Waals surface area contributed by atoms with Crippen LogP contribution in [0.4, 0.5) is 0 Å². The van der Waals surface area contributed by atoms with E-state index in [1.165, 1.54) is 16.7 Å². The van der Waals surface area contributed by atoms with Gasteiger partial charge in [0.25, 0.3) is 5.91 Å². The molecule has 1 aromatic rings. The van der Waals surface area contributed by atoms with E-state index in [4.69, 9.17) is 6.57 Å². The van der Waals surface area contributed by atoms with Crippen molar-refractivity contribution in [3.63, 3.8) is 0 Å². The van der Waals surface area contributed by atoms with E-state index in [9.17, 15) is 19.2 Å². The molecule has 1 fully saturated rings. The Morgan fingerprint density at radius 3 is 2.55 bits per heavy atom. The van der Waals surface area contributed by atoms with Crippen molar-refractivity contribution >= 4 is 23.5 Å². The minimum absolute atomic E-state index is 0.0387. The molecule has 0 aromatic heterocycles. The fourth-order valence-electron chi connectivity index (χ4n) is 5.14. The molecule has 3 amide bonds. The molecular formula is C25H32N4O4. The standard InChI is InChI=1S/C25H32N4O4/c1-15(2)11-20(28(6)23(32)16(3)27-17(4)30)24(33)29-14-25(13-22(29)26-5)19-10-8-7-9-18(19)12-21(25)31/h7-10,15-16,20,22H,11-14H2,1-4,6H3,(H,27,30)/t16-,20-,22-,25-/m0/s1. The molecule has 176 valence electrons. The summed E-state index contributed by atoms with van der Waals surface area (Å²) in [5.74, 6) is -0.882. The Bertz CT molecular complexity index is 1010. The molecule has 1 N–H and O–H groups in total. The molecule has 8 nitrogen and oxygen atoms in total. The minimum atomic E-state index is -0.865. The van der Waals surface area contributed by atoms with Crippen LogP contribution in [0.1, 0.15) is 51.7 Å². The molecule has 3 rings (SSSR count). The zero-order chi connectivity index (χ0) is 24.5. The summed E-state index contributed by atoms with van der Waals surface area (Å²) < 4.78 is 0. The lowest BCUT2D eigenvalue weighted by Crippen LogP contribution is -2.55. The summed E-state index contributed by atoms with van der Waals surface area (Å²) >= 11 is 0. The highest BCUT2D eigenvalue weighted by Gasteiger charge is 2.58. The third-order valence-corrected chi connectivity index (χ3v) is 6.77. The molecule has 1 saturated heterocycles. The Hall–Kier alpha value is -3.21. The monoisotopic (exact) mass is 452 g/mol. The van der Waals surface area contributed by atoms with Gasteiger partial charge in [-0.2, -0.15) is 0 Å². The van der Waals surface area contributed by atoms with Gasteiger partial charge in [0, 0.05) is 26.9 Å². The fourth-order valence-corrected chi connectivity index (χ4v) is 5.14. The number of hydrogen-bond donors (Lipinski definition) is 1. The number of carbonyl (C=O) groups is 4. The van der Waals surface area contributed by atoms with Crippen LogP contribution in [0, 0.1) is 12.5 Å². The average molecular weight is 453 g/mol. The smallest absolute Gasteiger partial charge is 0.302 e. The summed E-state index contributed by atoms with van der Waals surface area (Å²) in [4.78, 5) is 57.8. The summed E-state index contributed by atoms with van der Waals surface area (Å²) in [6.45, 7) is 14.7. The third kappa shape index (κ3) is 4.50. The highest BCUT2D eigenvalue weighted by atomic mass is 16.2. The van der Waals surface area contributed by atoms with Gasteiger partial charge < -0.3 is 10.2 Å². The van der Waals surface area contributed by atoms with Crippen molar-refractivity contribution in [1.29, 1.82) is 0 Å². The van der Waals surface area contributed by atoms with Gasteiger partial charge in [-0.15, -0.1) is 0 Å². The van der Waals surface area contributed by atoms with Gasteiger partial charge in [-0.3, -0.25) is 28.9 Å². The minimum Gasteiger partial charge on any atom is -0.345 e. The topological polar surface area (TPSA) is 91.2 Å². The predicted molar refractivity (Wildman–Crippen MR) is 123 cm³/mol. The third-order valence-electron chi connectivity index (χ3n) is 6.77. The molecule has 0 saturated carbocycles. The second-order valence-electron chi connectivity index (χ2n) is 9.64. The molecule has 1 spiro atoms. The summed E-state index contributed by atoms with van der Waals surface area (Å²) in [7, 11) is 1.56. The van der Waals surface area contributed by atoms with Crippen molar-refractivity contribution in [3.05, 3.63) is 46.8 Å². The van der Waals surface area contributed by atoms with Crippen LogP contribution in [0.25, 0.3) is 4.85 Å². The Kier molecular flexibility index (Phi) is 6.92. The van der Waals surface area contributed by atoms with E-state index in [2.05, 4.69) is 10.2 Å². The van der Waals surface area contributed by atoms with Crippen LogP contribution in [0.3, 0.4) is 0 Å². The number of Topliss-reactive ketones (excluding diaryl/α,β-unsaturated/α-hetero) is 1. The molecule has 0 radical (unpaired) electrons. The SMILES string of the molecule is [C-]#[N+][C@@H]1C[C@@]2(CN1C(=O)[C@H](CC(C)C)N(C)C(=O)[C@H](C)NC(C)=O)C(=O)Cc1ccccc12. The number of likely N-dealkylation sites (N-methyl/N-ethyl adjacent to an activating group) is 1. The maximum atomic E-state index is 13.8. The molecule has 1 heterocycles. The number of rotatable bonds is 6. The lowest BCUT2D eigenvalue weighted by Gasteiger charge is -2.33. The Morgan fingerprint density at radius 2 is 1.94 bits per heavy atom. The van der Waals surface area contributed by atoms with Crippen molar-refractivity contribution in [3.8, 4) is 0 Å². The normalized spacial score (nSPS) is 23.2. The highest BCUT2D eigenvalue weighted by Crippen LogP contribution is 2.46. The first-order valence-corrected chi connectivity index (χ1v) is 11.3. The molecule has 4 atom stereocenters. The first-order valence-electron chi connectivity index (χ1n) is 11.3. The number of ketones is 1. The summed E-state index contributed by atoms with van der Waals surface area (Å²) in [5, 5.41) is 2.57. The van der Waals surface area contributed by atoms with E-state index < -0.39 is 23.7 Å². The van der Waals surface area contributed by atoms with Crippen LogP contribution in [-0.4, -0.2) is 65.1 Å². The lowest BCUT2D eigenvalue weighted by atomic mass is 9.80. The van der Waals surface area contributed by atoms with Crippen LogP contribution < -0.4 is 5.32 Å². The summed E-state index contributed by atoms with van der Waals surface area (Å²) in [6, 6.07) is 6.06. The largest absolute Gasteiger partial charge is 0.345 e. The van der Waals surface area contributed by atoms with E-state index in [0.29, 0.717) is 12.8 Å². The molecular weight excluding hydrogens is 420 g/mol. The van der Waals surface area contributed by atoms with Crippen LogP contribution in [0.5, 0.6) is 0 Å². The Balaban J connectivity index is 1.91. The quantitative estimate of drug-likeness (QED) is 0.668. The van der Waals surface area contributed by atoms with Crippen molar-refractivity contribution < 1.29 is 19.2 Å². The van der Waals surface area contributed by atoms with E-state index in [0.717, 1.165) is 11.1 Å². The van der Waals surface area contributed by atoms with Crippen molar-refractivity contribution in [2.75, 3.05) is 13.6 Å². The fraction of sp³-hybridized carbons (Fsp3) is 0.560. The lowest BCUT2D eigenvalue weighted by molar-refractivity contribution is -0.146. The molecule has 1 aromatic carbocycles. The molecule has 8 heteroatoms. The zero-order valence-corrected chi connectivity index (χ0v) is 19.9. The van der Waals surface area contributed by atoms with E-state index in [1.807, 2.05) is 38.1 Å². The maximum absolute atomic E-state index is 13.8. The van der Waals surface area contributed by atoms with Crippen LogP contribution in [-0.2, 0) is 31.0 Å². The summed E-state index contributed by atoms with van der Waals surface area (Å²) in [6.07, 6.45) is 0.225. The van der Waals surface area contributed by atoms with Gasteiger partial charge in [-0.1, -0.05) is 38.1 Å². The number of hydrogen-bond acceptors (Lipinski definition) is 4. The number of nitrogens with zero attached hydrogens (tertiary/aromatic N) is 3. The first-order chi connectivity index (χ1) is 15.5. The predicted octanol–water partition coefficient (Wildman–Crippen LogP) is 1.92. The van der Waals surface area contributed by atoms with Gasteiger partial charge in [-0.05, 0) is 30.4 Å². The van der Waals surface area contributed by atoms with Gasteiger partial charge in [0.1, 0.15) is 17.9 Å². The Labute approximate surface area is 195 Å². The van der Waals surface area contributed by atoms with Gasteiger partial charge in [0.2, 0.25) is 11.8 Å². The van der Waals surface area contributed by atoms with Gasteiger partial charge >= 0.3 is 6.17 Å². The average Bonchev–Trinajstić information content (AvgIpc) is 3.28. The van der Waals surface area contributed by atoms with Gasteiger partial charge in [-0.25, -0.2) is 6.57 Å². The second-order valence-corrected chi connectivity index (χ2v) is 9.64. The number of amides is 3.